The number of carboxylic acids is 6. The molecule has 8 aliphatic rings. The van der Waals surface area contributed by atoms with Crippen molar-refractivity contribution in [2.75, 3.05) is 68.6 Å². The Balaban J connectivity index is 0.000000281. The van der Waals surface area contributed by atoms with E-state index in [-0.39, 0.29) is 85.1 Å². The number of carbonyl (C=O) groups excluding carboxylic acids is 8. The van der Waals surface area contributed by atoms with Gasteiger partial charge in [-0.1, -0.05) is 55.4 Å². The number of aliphatic carboxylic acids is 6. The number of carboxylic acid groups (broad SMARTS) is 6. The van der Waals surface area contributed by atoms with Crippen molar-refractivity contribution in [1.82, 2.24) is 49.3 Å². The summed E-state index contributed by atoms with van der Waals surface area (Å²) < 4.78 is 62.7. The van der Waals surface area contributed by atoms with Crippen LogP contribution in [0, 0.1) is 47.3 Å². The predicted molar refractivity (Wildman–Crippen MR) is 503 cm³/mol. The maximum atomic E-state index is 14.8. The van der Waals surface area contributed by atoms with E-state index in [2.05, 4.69) is 29.7 Å². The standard InChI is InChI=1S/2C43H63N5O11.3C4H4O4/c2*1-12-32-43(8)37(48(41(54)59-43)27-19-47(20-27)21-28-31(49)18-45-29-14-13-15-44-33(28)29)24(4)34(50)22(2)17-42(7,55-11)38(25(5)35(51)26(6)39(53)57-32)58-40-36(52)30(46(9)10)16-23(3)56-40;3*5-3(6)1-2-4(7)8/h2*13-15,18,22-27,30,32,36-38,40,49,52H,12,16-17,19-21H2,1-11H3;3*1-2H,(H,5,6)(H,7,8)/b;;3*2-1+/t2*22-,23-,24+,25+,26-,30+,32-,36-,37-,38-,40+,42-,43-;;;/m11.../s1. The number of hydrogen-bond donors (Lipinski definition) is 10. The van der Waals surface area contributed by atoms with Crippen LogP contribution in [0.3, 0.4) is 0 Å². The molecular weight excluding hydrogens is 1860 g/mol. The smallest absolute Gasteiger partial charge is 0.411 e. The molecule has 44 nitrogen and oxygen atoms in total. The number of amides is 2. The molecular formula is C98H138N10O34. The van der Waals surface area contributed by atoms with Crippen LogP contribution >= 0.6 is 0 Å². The highest BCUT2D eigenvalue weighted by molar-refractivity contribution is 6.01. The van der Waals surface area contributed by atoms with Gasteiger partial charge in [-0.15, -0.1) is 0 Å². The minimum atomic E-state index is -1.46. The molecule has 4 aromatic rings. The first-order valence-corrected chi connectivity index (χ1v) is 47.1. The molecule has 8 fully saturated rings. The quantitative estimate of drug-likeness (QED) is 0.0172. The number of likely N-dealkylation sites (tertiary alicyclic amines) is 2. The molecule has 2 amide bonds. The van der Waals surface area contributed by atoms with Gasteiger partial charge in [-0.05, 0) is 146 Å². The molecule has 0 unspecified atom stereocenters. The van der Waals surface area contributed by atoms with Crippen molar-refractivity contribution in [3.05, 3.63) is 96.6 Å². The van der Waals surface area contributed by atoms with Crippen LogP contribution in [0.25, 0.3) is 22.1 Å². The molecule has 10 N–H and O–H groups in total. The summed E-state index contributed by atoms with van der Waals surface area (Å²) in [5, 5.41) is 91.3. The van der Waals surface area contributed by atoms with E-state index in [1.54, 1.807) is 117 Å². The average Bonchev–Trinajstić information content (AvgIpc) is 1.57. The van der Waals surface area contributed by atoms with Crippen LogP contribution in [0.1, 0.15) is 160 Å². The number of ketones is 4. The van der Waals surface area contributed by atoms with Gasteiger partial charge in [0.2, 0.25) is 0 Å². The number of aliphatic hydroxyl groups is 2. The Labute approximate surface area is 822 Å². The second kappa shape index (κ2) is 49.1. The van der Waals surface area contributed by atoms with Crippen LogP contribution in [0.15, 0.2) is 85.5 Å². The van der Waals surface area contributed by atoms with Crippen LogP contribution < -0.4 is 0 Å². The zero-order valence-corrected chi connectivity index (χ0v) is 84.2. The highest BCUT2D eigenvalue weighted by Gasteiger charge is 2.66. The number of fused-ring (bicyclic) bond motifs is 4. The van der Waals surface area contributed by atoms with E-state index in [4.69, 9.17) is 78.0 Å². The number of pyridine rings is 4. The first-order valence-electron chi connectivity index (χ1n) is 47.1. The summed E-state index contributed by atoms with van der Waals surface area (Å²) in [4.78, 5) is 201. The first kappa shape index (κ1) is 116. The van der Waals surface area contributed by atoms with E-state index >= 15 is 0 Å². The summed E-state index contributed by atoms with van der Waals surface area (Å²) in [6.45, 7) is 30.1. The van der Waals surface area contributed by atoms with Crippen molar-refractivity contribution in [2.24, 2.45) is 47.3 Å². The molecule has 784 valence electrons. The number of carbonyl (C=O) groups is 14. The van der Waals surface area contributed by atoms with Gasteiger partial charge < -0.3 is 108 Å². The van der Waals surface area contributed by atoms with Crippen molar-refractivity contribution in [3.8, 4) is 11.5 Å². The topological polar surface area (TPSA) is 605 Å². The number of aliphatic hydroxyl groups excluding tert-OH is 2. The lowest BCUT2D eigenvalue weighted by atomic mass is 9.73. The molecule has 12 rings (SSSR count). The van der Waals surface area contributed by atoms with Gasteiger partial charge in [0.25, 0.3) is 0 Å². The SMILES string of the molecule is CC[C@H]1OC(=O)[C@H](C)C(=O)[C@H](C)[C@@H](O[C@@H]2O[C@H](C)C[C@H](N(C)C)[C@H]2O)[C@](C)(OC)C[C@@H](C)C(=O)[C@H](C)[C@H]2N(C3CN(Cc4c(O)cnc5cccnc45)C3)C(=O)O[C@]12C.CC[C@H]1OC(=O)[C@H](C)C(=O)[C@H](C)[C@@H](O[C@@H]2O[C@H](C)C[C@H](N(C)C)[C@H]2O)[C@](C)(OC)C[C@@H](C)C(=O)[C@H](C)[C@H]2N(C3CN(Cc4c(O)cnc5cccnc45)C3)C(=O)O[C@]12C.O=C(O)/C=C/C(=O)O.O=C(O)/C=C/C(=O)O.O=C(O)/C=C/C(=O)O. The fourth-order valence-corrected chi connectivity index (χ4v) is 20.6. The number of aromatic nitrogens is 4. The fourth-order valence-electron chi connectivity index (χ4n) is 20.6. The number of ether oxygens (including phenoxy) is 10. The van der Waals surface area contributed by atoms with Gasteiger partial charge in [-0.25, -0.2) is 38.4 Å². The monoisotopic (exact) mass is 2000 g/mol. The van der Waals surface area contributed by atoms with E-state index in [9.17, 15) is 87.5 Å². The molecule has 0 bridgehead atoms. The van der Waals surface area contributed by atoms with Crippen LogP contribution in [0.2, 0.25) is 0 Å². The third-order valence-electron chi connectivity index (χ3n) is 28.1. The van der Waals surface area contributed by atoms with Gasteiger partial charge in [0, 0.05) is 161 Å². The van der Waals surface area contributed by atoms with Crippen LogP contribution in [-0.2, 0) is 118 Å². The predicted octanol–water partition coefficient (Wildman–Crippen LogP) is 6.58. The van der Waals surface area contributed by atoms with Crippen LogP contribution in [0.4, 0.5) is 9.59 Å². The lowest BCUT2D eigenvalue weighted by molar-refractivity contribution is -0.295. The number of nitrogens with zero attached hydrogens (tertiary/aromatic N) is 10. The molecule has 8 aliphatic heterocycles. The maximum Gasteiger partial charge on any atom is 0.411 e. The molecule has 8 saturated heterocycles. The van der Waals surface area contributed by atoms with Gasteiger partial charge in [-0.3, -0.25) is 68.3 Å². The second-order valence-electron chi connectivity index (χ2n) is 38.9. The molecule has 0 aromatic carbocycles. The molecule has 0 saturated carbocycles. The van der Waals surface area contributed by atoms with E-state index in [1.807, 2.05) is 64.0 Å². The van der Waals surface area contributed by atoms with Gasteiger partial charge in [0.05, 0.1) is 94.2 Å². The number of hydrogen-bond acceptors (Lipinski definition) is 36. The minimum absolute atomic E-state index is 0.0206. The van der Waals surface area contributed by atoms with Gasteiger partial charge in [0.15, 0.2) is 35.3 Å². The zero-order chi connectivity index (χ0) is 106. The van der Waals surface area contributed by atoms with Crippen molar-refractivity contribution in [2.45, 2.75) is 282 Å². The number of likely N-dealkylation sites (N-methyl/N-ethyl adjacent to an activating group) is 2. The van der Waals surface area contributed by atoms with Crippen molar-refractivity contribution < 1.29 is 166 Å². The number of rotatable bonds is 22. The van der Waals surface area contributed by atoms with Gasteiger partial charge >= 0.3 is 59.9 Å². The van der Waals surface area contributed by atoms with Crippen LogP contribution in [-0.4, -0.2) is 372 Å². The Bertz CT molecular complexity index is 4900. The van der Waals surface area contributed by atoms with Crippen molar-refractivity contribution in [1.29, 1.82) is 0 Å². The number of Topliss-reactive ketones (excluding diaryl/α,β-unsaturated/α-hetero) is 4. The summed E-state index contributed by atoms with van der Waals surface area (Å²) in [6.07, 6.45) is 0.923. The molecule has 26 atom stereocenters. The summed E-state index contributed by atoms with van der Waals surface area (Å²) >= 11 is 0. The maximum absolute atomic E-state index is 14.8. The molecule has 0 aliphatic carbocycles. The Hall–Kier alpha value is -11.6. The van der Waals surface area contributed by atoms with E-state index in [1.165, 1.54) is 40.5 Å². The highest BCUT2D eigenvalue weighted by atomic mass is 16.7. The van der Waals surface area contributed by atoms with Gasteiger partial charge in [0.1, 0.15) is 59.3 Å². The average molecular weight is 2000 g/mol. The number of methoxy groups -OCH3 is 2. The molecule has 0 radical (unpaired) electrons. The molecule has 4 aromatic heterocycles. The molecule has 12 heterocycles. The zero-order valence-electron chi connectivity index (χ0n) is 84.2. The van der Waals surface area contributed by atoms with E-state index in [0.717, 1.165) is 0 Å². The lowest BCUT2D eigenvalue weighted by Crippen LogP contribution is -2.65. The Morgan fingerprint density at radius 3 is 1.04 bits per heavy atom. The summed E-state index contributed by atoms with van der Waals surface area (Å²) in [5.74, 6) is -17.8. The fraction of sp³-hybridized carbons (Fsp3) is 0.633. The van der Waals surface area contributed by atoms with E-state index in [0.29, 0.717) is 122 Å². The third kappa shape index (κ3) is 27.1. The Morgan fingerprint density at radius 1 is 0.465 bits per heavy atom. The normalized spacial score (nSPS) is 33.3. The summed E-state index contributed by atoms with van der Waals surface area (Å²) in [6, 6.07) is 4.19. The van der Waals surface area contributed by atoms with Gasteiger partial charge in [-0.2, -0.15) is 0 Å². The second-order valence-corrected chi connectivity index (χ2v) is 38.9. The van der Waals surface area contributed by atoms with Crippen molar-refractivity contribution >= 4 is 105 Å². The lowest BCUT2D eigenvalue weighted by Gasteiger charge is -2.48. The van der Waals surface area contributed by atoms with Crippen LogP contribution in [0.5, 0.6) is 11.5 Å². The van der Waals surface area contributed by atoms with Crippen molar-refractivity contribution in [3.63, 3.8) is 0 Å². The van der Waals surface area contributed by atoms with E-state index < -0.39 is 203 Å². The summed E-state index contributed by atoms with van der Waals surface area (Å²) in [7, 11) is 10.4. The highest BCUT2D eigenvalue weighted by Crippen LogP contribution is 2.49. The minimum Gasteiger partial charge on any atom is -0.506 e. The number of aromatic hydroxyl groups is 2. The Kier molecular flexibility index (Phi) is 40.0. The summed E-state index contributed by atoms with van der Waals surface area (Å²) in [5.41, 5.74) is -1.78. The third-order valence-corrected chi connectivity index (χ3v) is 28.1. The number of cyclic esters (lactones) is 2. The Morgan fingerprint density at radius 2 is 0.768 bits per heavy atom. The largest absolute Gasteiger partial charge is 0.506 e. The number of esters is 2. The first-order chi connectivity index (χ1) is 66.4. The molecule has 0 spiro atoms. The molecule has 142 heavy (non-hydrogen) atoms. The molecule has 44 heteroatoms.